The van der Waals surface area contributed by atoms with Crippen molar-refractivity contribution in [1.82, 2.24) is 5.32 Å². The summed E-state index contributed by atoms with van der Waals surface area (Å²) < 4.78 is 0. The van der Waals surface area contributed by atoms with Crippen molar-refractivity contribution in [3.8, 4) is 0 Å². The zero-order chi connectivity index (χ0) is 12.3. The fraction of sp³-hybridized carbons (Fsp3) is 0.500. The Balaban J connectivity index is 1.95. The fourth-order valence-corrected chi connectivity index (χ4v) is 2.31. The molecule has 0 bridgehead atoms. The van der Waals surface area contributed by atoms with Crippen molar-refractivity contribution < 1.29 is 4.79 Å². The number of halogens is 1. The number of hydrogen-bond acceptors (Lipinski definition) is 1. The molecule has 3 heteroatoms. The number of carbonyl (C=O) groups is 1. The minimum atomic E-state index is 0.0111. The average molecular weight is 252 g/mol. The van der Waals surface area contributed by atoms with Gasteiger partial charge in [0.2, 0.25) is 0 Å². The Morgan fingerprint density at radius 3 is 2.94 bits per heavy atom. The molecule has 0 spiro atoms. The van der Waals surface area contributed by atoms with Crippen LogP contribution in [0.1, 0.15) is 41.3 Å². The van der Waals surface area contributed by atoms with Gasteiger partial charge in [-0.05, 0) is 55.9 Å². The lowest BCUT2D eigenvalue weighted by atomic mass is 10.1. The number of benzene rings is 1. The molecule has 0 aliphatic heterocycles. The van der Waals surface area contributed by atoms with Crippen LogP contribution >= 0.6 is 11.6 Å². The van der Waals surface area contributed by atoms with Gasteiger partial charge in [0.15, 0.2) is 0 Å². The van der Waals surface area contributed by atoms with Gasteiger partial charge < -0.3 is 5.32 Å². The summed E-state index contributed by atoms with van der Waals surface area (Å²) in [4.78, 5) is 11.9. The summed E-state index contributed by atoms with van der Waals surface area (Å²) in [6.07, 6.45) is 4.28. The van der Waals surface area contributed by atoms with Gasteiger partial charge in [-0.3, -0.25) is 4.79 Å². The van der Waals surface area contributed by atoms with Crippen LogP contribution in [-0.2, 0) is 12.8 Å². The molecule has 1 N–H and O–H groups in total. The molecule has 1 aliphatic rings. The van der Waals surface area contributed by atoms with Gasteiger partial charge in [0.1, 0.15) is 0 Å². The van der Waals surface area contributed by atoms with Gasteiger partial charge >= 0.3 is 0 Å². The third-order valence-corrected chi connectivity index (χ3v) is 3.41. The van der Waals surface area contributed by atoms with E-state index in [1.54, 1.807) is 0 Å². The lowest BCUT2D eigenvalue weighted by molar-refractivity contribution is 0.0953. The molecule has 0 heterocycles. The first kappa shape index (κ1) is 12.4. The molecule has 17 heavy (non-hydrogen) atoms. The van der Waals surface area contributed by atoms with E-state index in [2.05, 4.69) is 11.4 Å². The van der Waals surface area contributed by atoms with Crippen LogP contribution in [0.15, 0.2) is 18.2 Å². The Morgan fingerprint density at radius 1 is 1.41 bits per heavy atom. The first-order valence-corrected chi connectivity index (χ1v) is 6.64. The standard InChI is InChI=1S/C14H18ClNO/c1-10(15)7-8-16-14(17)13-6-5-11-3-2-4-12(11)9-13/h5-6,9-10H,2-4,7-8H2,1H3,(H,16,17). The molecule has 2 nitrogen and oxygen atoms in total. The van der Waals surface area contributed by atoms with Crippen LogP contribution in [0.2, 0.25) is 0 Å². The number of aryl methyl sites for hydroxylation is 2. The van der Waals surface area contributed by atoms with Crippen LogP contribution in [-0.4, -0.2) is 17.8 Å². The zero-order valence-electron chi connectivity index (χ0n) is 10.1. The molecule has 2 rings (SSSR count). The Hall–Kier alpha value is -1.02. The molecular weight excluding hydrogens is 234 g/mol. The van der Waals surface area contributed by atoms with E-state index in [1.165, 1.54) is 17.5 Å². The van der Waals surface area contributed by atoms with Crippen LogP contribution in [0.25, 0.3) is 0 Å². The Labute approximate surface area is 107 Å². The summed E-state index contributed by atoms with van der Waals surface area (Å²) in [7, 11) is 0. The number of hydrogen-bond donors (Lipinski definition) is 1. The lowest BCUT2D eigenvalue weighted by Crippen LogP contribution is -2.25. The van der Waals surface area contributed by atoms with Crippen LogP contribution in [0.5, 0.6) is 0 Å². The van der Waals surface area contributed by atoms with Crippen molar-refractivity contribution in [1.29, 1.82) is 0 Å². The van der Waals surface area contributed by atoms with Crippen molar-refractivity contribution in [2.24, 2.45) is 0 Å². The highest BCUT2D eigenvalue weighted by Gasteiger charge is 2.13. The largest absolute Gasteiger partial charge is 0.352 e. The summed E-state index contributed by atoms with van der Waals surface area (Å²) in [6, 6.07) is 6.03. The second-order valence-electron chi connectivity index (χ2n) is 4.66. The van der Waals surface area contributed by atoms with E-state index >= 15 is 0 Å². The molecule has 0 fully saturated rings. The van der Waals surface area contributed by atoms with E-state index in [9.17, 15) is 4.79 Å². The van der Waals surface area contributed by atoms with Gasteiger partial charge in [-0.15, -0.1) is 11.6 Å². The fourth-order valence-electron chi connectivity index (χ4n) is 2.20. The van der Waals surface area contributed by atoms with Crippen molar-refractivity contribution in [2.45, 2.75) is 38.0 Å². The number of alkyl halides is 1. The topological polar surface area (TPSA) is 29.1 Å². The summed E-state index contributed by atoms with van der Waals surface area (Å²) >= 11 is 5.83. The molecular formula is C14H18ClNO. The van der Waals surface area contributed by atoms with Gasteiger partial charge in [-0.2, -0.15) is 0 Å². The van der Waals surface area contributed by atoms with E-state index in [0.29, 0.717) is 6.54 Å². The van der Waals surface area contributed by atoms with E-state index in [0.717, 1.165) is 24.8 Å². The van der Waals surface area contributed by atoms with Gasteiger partial charge in [0, 0.05) is 17.5 Å². The SMILES string of the molecule is CC(Cl)CCNC(=O)c1ccc2c(c1)CCC2. The molecule has 0 aromatic heterocycles. The third-order valence-electron chi connectivity index (χ3n) is 3.19. The molecule has 1 amide bonds. The molecule has 1 aromatic rings. The highest BCUT2D eigenvalue weighted by atomic mass is 35.5. The van der Waals surface area contributed by atoms with Crippen LogP contribution in [0.4, 0.5) is 0 Å². The number of carbonyl (C=O) groups excluding carboxylic acids is 1. The van der Waals surface area contributed by atoms with Crippen LogP contribution in [0, 0.1) is 0 Å². The Kier molecular flexibility index (Phi) is 4.06. The predicted octanol–water partition coefficient (Wildman–Crippen LogP) is 2.92. The van der Waals surface area contributed by atoms with Gasteiger partial charge in [0.05, 0.1) is 0 Å². The maximum Gasteiger partial charge on any atom is 0.251 e. The zero-order valence-corrected chi connectivity index (χ0v) is 10.9. The van der Waals surface area contributed by atoms with Crippen molar-refractivity contribution in [3.05, 3.63) is 34.9 Å². The normalized spacial score (nSPS) is 15.4. The second-order valence-corrected chi connectivity index (χ2v) is 5.41. The number of fused-ring (bicyclic) bond motifs is 1. The molecule has 1 atom stereocenters. The van der Waals surface area contributed by atoms with Gasteiger partial charge in [-0.1, -0.05) is 6.07 Å². The molecule has 0 saturated heterocycles. The minimum Gasteiger partial charge on any atom is -0.352 e. The number of amides is 1. The van der Waals surface area contributed by atoms with Crippen LogP contribution in [0.3, 0.4) is 0 Å². The highest BCUT2D eigenvalue weighted by molar-refractivity contribution is 6.20. The molecule has 0 radical (unpaired) electrons. The maximum absolute atomic E-state index is 11.9. The highest BCUT2D eigenvalue weighted by Crippen LogP contribution is 2.22. The van der Waals surface area contributed by atoms with Crippen molar-refractivity contribution >= 4 is 17.5 Å². The molecule has 1 unspecified atom stereocenters. The van der Waals surface area contributed by atoms with E-state index in [-0.39, 0.29) is 11.3 Å². The molecule has 0 saturated carbocycles. The average Bonchev–Trinajstić information content (AvgIpc) is 2.75. The summed E-state index contributed by atoms with van der Waals surface area (Å²) in [5, 5.41) is 3.00. The van der Waals surface area contributed by atoms with E-state index in [4.69, 9.17) is 11.6 Å². The minimum absolute atomic E-state index is 0.0111. The smallest absolute Gasteiger partial charge is 0.251 e. The first-order valence-electron chi connectivity index (χ1n) is 6.21. The quantitative estimate of drug-likeness (QED) is 0.820. The monoisotopic (exact) mass is 251 g/mol. The second kappa shape index (κ2) is 5.54. The molecule has 1 aromatic carbocycles. The van der Waals surface area contributed by atoms with E-state index < -0.39 is 0 Å². The van der Waals surface area contributed by atoms with Gasteiger partial charge in [0.25, 0.3) is 5.91 Å². The maximum atomic E-state index is 11.9. The van der Waals surface area contributed by atoms with Gasteiger partial charge in [-0.25, -0.2) is 0 Å². The van der Waals surface area contributed by atoms with Crippen molar-refractivity contribution in [3.63, 3.8) is 0 Å². The summed E-state index contributed by atoms with van der Waals surface area (Å²) in [5.41, 5.74) is 3.51. The lowest BCUT2D eigenvalue weighted by Gasteiger charge is -2.07. The predicted molar refractivity (Wildman–Crippen MR) is 70.7 cm³/mol. The number of rotatable bonds is 4. The summed E-state index contributed by atoms with van der Waals surface area (Å²) in [6.45, 7) is 2.57. The number of nitrogens with one attached hydrogen (secondary N) is 1. The Morgan fingerprint density at radius 2 is 2.18 bits per heavy atom. The first-order chi connectivity index (χ1) is 8.16. The van der Waals surface area contributed by atoms with Crippen molar-refractivity contribution in [2.75, 3.05) is 6.54 Å². The third kappa shape index (κ3) is 3.22. The Bertz CT molecular complexity index is 415. The summed E-state index contributed by atoms with van der Waals surface area (Å²) in [5.74, 6) is 0.0111. The van der Waals surface area contributed by atoms with Crippen LogP contribution < -0.4 is 5.32 Å². The van der Waals surface area contributed by atoms with E-state index in [1.807, 2.05) is 19.1 Å². The molecule has 1 aliphatic carbocycles. The molecule has 92 valence electrons.